The van der Waals surface area contributed by atoms with Crippen molar-refractivity contribution in [2.24, 2.45) is 0 Å². The third-order valence-corrected chi connectivity index (χ3v) is 2.07. The molecule has 0 saturated carbocycles. The molecule has 0 radical (unpaired) electrons. The maximum atomic E-state index is 11.2. The summed E-state index contributed by atoms with van der Waals surface area (Å²) in [6, 6.07) is 0. The molecular formula is C8H11NO5. The Balaban J connectivity index is 2.60. The van der Waals surface area contributed by atoms with Crippen molar-refractivity contribution in [3.05, 3.63) is 0 Å². The maximum absolute atomic E-state index is 11.2. The predicted octanol–water partition coefficient (Wildman–Crippen LogP) is -1.38. The Labute approximate surface area is 80.1 Å². The van der Waals surface area contributed by atoms with Crippen LogP contribution in [-0.2, 0) is 14.4 Å². The summed E-state index contributed by atoms with van der Waals surface area (Å²) in [6.45, 7) is 0.368. The van der Waals surface area contributed by atoms with Gasteiger partial charge in [0.15, 0.2) is 0 Å². The van der Waals surface area contributed by atoms with Gasteiger partial charge in [0.05, 0.1) is 6.10 Å². The zero-order valence-electron chi connectivity index (χ0n) is 7.47. The normalized spacial score (nSPS) is 21.8. The molecule has 0 aromatic rings. The molecule has 78 valence electrons. The van der Waals surface area contributed by atoms with Crippen molar-refractivity contribution >= 4 is 17.7 Å². The number of aliphatic hydroxyl groups excluding tert-OH is 1. The Bertz CT molecular complexity index is 275. The Kier molecular flexibility index (Phi) is 3.19. The number of carbonyl (C=O) groups is 3. The molecule has 14 heavy (non-hydrogen) atoms. The summed E-state index contributed by atoms with van der Waals surface area (Å²) in [4.78, 5) is 33.2. The molecule has 1 amide bonds. The Morgan fingerprint density at radius 1 is 1.29 bits per heavy atom. The fourth-order valence-corrected chi connectivity index (χ4v) is 1.37. The number of rotatable bonds is 2. The molecule has 0 aromatic carbocycles. The standard InChI is InChI=1S/C8H11NO5/c10-5-2-1-3-9(4-5)7(12)6(11)8(13)14/h5,10H,1-4H2,(H,13,14)/t5-/m0/s1. The number of carboxylic acids is 1. The van der Waals surface area contributed by atoms with Gasteiger partial charge in [-0.15, -0.1) is 0 Å². The molecule has 1 heterocycles. The van der Waals surface area contributed by atoms with Crippen molar-refractivity contribution in [2.75, 3.05) is 13.1 Å². The minimum absolute atomic E-state index is 0.0395. The number of likely N-dealkylation sites (tertiary alicyclic amines) is 1. The SMILES string of the molecule is O=C(O)C(=O)C(=O)N1CCC[C@H](O)C1. The van der Waals surface area contributed by atoms with Gasteiger partial charge in [0.1, 0.15) is 0 Å². The first-order valence-electron chi connectivity index (χ1n) is 4.27. The van der Waals surface area contributed by atoms with Gasteiger partial charge < -0.3 is 15.1 Å². The highest BCUT2D eigenvalue weighted by Crippen LogP contribution is 2.09. The van der Waals surface area contributed by atoms with Crippen LogP contribution in [0.15, 0.2) is 0 Å². The van der Waals surface area contributed by atoms with Gasteiger partial charge in [-0.1, -0.05) is 0 Å². The first-order valence-corrected chi connectivity index (χ1v) is 4.27. The van der Waals surface area contributed by atoms with Crippen molar-refractivity contribution in [3.63, 3.8) is 0 Å². The highest BCUT2D eigenvalue weighted by molar-refractivity contribution is 6.61. The maximum Gasteiger partial charge on any atom is 0.382 e. The average Bonchev–Trinajstić information content (AvgIpc) is 2.15. The van der Waals surface area contributed by atoms with Gasteiger partial charge in [-0.2, -0.15) is 0 Å². The second-order valence-electron chi connectivity index (χ2n) is 3.18. The van der Waals surface area contributed by atoms with E-state index in [0.29, 0.717) is 19.4 Å². The average molecular weight is 201 g/mol. The molecule has 1 aliphatic heterocycles. The second kappa shape index (κ2) is 4.19. The monoisotopic (exact) mass is 201 g/mol. The summed E-state index contributed by atoms with van der Waals surface area (Å²) >= 11 is 0. The van der Waals surface area contributed by atoms with Crippen LogP contribution in [0.3, 0.4) is 0 Å². The van der Waals surface area contributed by atoms with Crippen molar-refractivity contribution < 1.29 is 24.6 Å². The summed E-state index contributed by atoms with van der Waals surface area (Å²) in [5.74, 6) is -4.24. The smallest absolute Gasteiger partial charge is 0.382 e. The van der Waals surface area contributed by atoms with E-state index in [1.54, 1.807) is 0 Å². The van der Waals surface area contributed by atoms with E-state index in [4.69, 9.17) is 5.11 Å². The number of aliphatic hydroxyl groups is 1. The van der Waals surface area contributed by atoms with Gasteiger partial charge in [-0.3, -0.25) is 9.59 Å². The van der Waals surface area contributed by atoms with E-state index in [1.165, 1.54) is 0 Å². The lowest BCUT2D eigenvalue weighted by Gasteiger charge is -2.28. The predicted molar refractivity (Wildman–Crippen MR) is 44.5 cm³/mol. The van der Waals surface area contributed by atoms with Crippen molar-refractivity contribution in [1.29, 1.82) is 0 Å². The lowest BCUT2D eigenvalue weighted by atomic mass is 10.1. The number of amides is 1. The quantitative estimate of drug-likeness (QED) is 0.424. The number of β-amino-alcohol motifs (C(OH)–C–C–N with tert-alkyl or cyclic N) is 1. The van der Waals surface area contributed by atoms with E-state index in [2.05, 4.69) is 0 Å². The number of hydrogen-bond acceptors (Lipinski definition) is 4. The number of nitrogens with zero attached hydrogens (tertiary/aromatic N) is 1. The highest BCUT2D eigenvalue weighted by Gasteiger charge is 2.30. The molecule has 1 atom stereocenters. The molecule has 6 heteroatoms. The molecule has 1 rings (SSSR count). The summed E-state index contributed by atoms with van der Waals surface area (Å²) in [5, 5.41) is 17.5. The van der Waals surface area contributed by atoms with Gasteiger partial charge in [-0.05, 0) is 12.8 Å². The summed E-state index contributed by atoms with van der Waals surface area (Å²) in [5.41, 5.74) is 0. The van der Waals surface area contributed by atoms with Crippen LogP contribution in [0.5, 0.6) is 0 Å². The third kappa shape index (κ3) is 2.29. The molecular weight excluding hydrogens is 190 g/mol. The first kappa shape index (κ1) is 10.6. The molecule has 1 saturated heterocycles. The van der Waals surface area contributed by atoms with Crippen LogP contribution in [-0.4, -0.2) is 52.0 Å². The number of aliphatic carboxylic acids is 1. The van der Waals surface area contributed by atoms with Crippen LogP contribution in [0, 0.1) is 0 Å². The lowest BCUT2D eigenvalue weighted by molar-refractivity contribution is -0.157. The van der Waals surface area contributed by atoms with Crippen LogP contribution in [0.2, 0.25) is 0 Å². The van der Waals surface area contributed by atoms with Crippen molar-refractivity contribution in [3.8, 4) is 0 Å². The molecule has 0 aromatic heterocycles. The summed E-state index contributed by atoms with van der Waals surface area (Å²) in [7, 11) is 0. The van der Waals surface area contributed by atoms with E-state index in [-0.39, 0.29) is 6.54 Å². The Morgan fingerprint density at radius 2 is 1.93 bits per heavy atom. The number of carbonyl (C=O) groups excluding carboxylic acids is 2. The number of piperidine rings is 1. The number of carboxylic acid groups (broad SMARTS) is 1. The molecule has 2 N–H and O–H groups in total. The largest absolute Gasteiger partial charge is 0.475 e. The van der Waals surface area contributed by atoms with E-state index < -0.39 is 23.8 Å². The van der Waals surface area contributed by atoms with Gasteiger partial charge >= 0.3 is 17.7 Å². The minimum Gasteiger partial charge on any atom is -0.475 e. The zero-order valence-corrected chi connectivity index (χ0v) is 7.47. The van der Waals surface area contributed by atoms with Gasteiger partial charge in [-0.25, -0.2) is 4.79 Å². The zero-order chi connectivity index (χ0) is 10.7. The van der Waals surface area contributed by atoms with E-state index in [1.807, 2.05) is 0 Å². The molecule has 1 fully saturated rings. The lowest BCUT2D eigenvalue weighted by Crippen LogP contribution is -2.46. The van der Waals surface area contributed by atoms with Crippen LogP contribution in [0.4, 0.5) is 0 Å². The highest BCUT2D eigenvalue weighted by atomic mass is 16.4. The van der Waals surface area contributed by atoms with Gasteiger partial charge in [0.25, 0.3) is 0 Å². The molecule has 6 nitrogen and oxygen atoms in total. The van der Waals surface area contributed by atoms with Crippen molar-refractivity contribution in [1.82, 2.24) is 4.90 Å². The Morgan fingerprint density at radius 3 is 2.43 bits per heavy atom. The van der Waals surface area contributed by atoms with Crippen molar-refractivity contribution in [2.45, 2.75) is 18.9 Å². The van der Waals surface area contributed by atoms with Gasteiger partial charge in [0, 0.05) is 13.1 Å². The van der Waals surface area contributed by atoms with Crippen LogP contribution >= 0.6 is 0 Å². The minimum atomic E-state index is -1.75. The summed E-state index contributed by atoms with van der Waals surface area (Å²) in [6.07, 6.45) is 0.500. The fraction of sp³-hybridized carbons (Fsp3) is 0.625. The summed E-state index contributed by atoms with van der Waals surface area (Å²) < 4.78 is 0. The molecule has 0 aliphatic carbocycles. The van der Waals surface area contributed by atoms with Crippen LogP contribution < -0.4 is 0 Å². The molecule has 0 unspecified atom stereocenters. The van der Waals surface area contributed by atoms with Gasteiger partial charge in [0.2, 0.25) is 0 Å². The molecule has 1 aliphatic rings. The first-order chi connectivity index (χ1) is 6.52. The Hall–Kier alpha value is -1.43. The number of Topliss-reactive ketones (excluding diaryl/α,β-unsaturated/α-hetero) is 1. The fourth-order valence-electron chi connectivity index (χ4n) is 1.37. The number of ketones is 1. The van der Waals surface area contributed by atoms with E-state index >= 15 is 0 Å². The second-order valence-corrected chi connectivity index (χ2v) is 3.18. The van der Waals surface area contributed by atoms with Crippen LogP contribution in [0.25, 0.3) is 0 Å². The molecule has 0 bridgehead atoms. The van der Waals surface area contributed by atoms with E-state index in [0.717, 1.165) is 4.90 Å². The van der Waals surface area contributed by atoms with E-state index in [9.17, 15) is 19.5 Å². The third-order valence-electron chi connectivity index (χ3n) is 2.07. The van der Waals surface area contributed by atoms with Crippen LogP contribution in [0.1, 0.15) is 12.8 Å². The number of hydrogen-bond donors (Lipinski definition) is 2. The molecule has 0 spiro atoms. The topological polar surface area (TPSA) is 94.9 Å².